The molecule has 0 aliphatic heterocycles. The average Bonchev–Trinajstić information content (AvgIpc) is 2.93. The summed E-state index contributed by atoms with van der Waals surface area (Å²) in [5.74, 6) is 0. The van der Waals surface area contributed by atoms with E-state index in [2.05, 4.69) is 20.9 Å². The van der Waals surface area contributed by atoms with Crippen molar-refractivity contribution in [1.82, 2.24) is 4.98 Å². The first-order valence-corrected chi connectivity index (χ1v) is 7.19. The van der Waals surface area contributed by atoms with E-state index >= 15 is 0 Å². The first-order chi connectivity index (χ1) is 8.77. The number of aliphatic hydroxyl groups is 1. The summed E-state index contributed by atoms with van der Waals surface area (Å²) in [5.41, 5.74) is 1.68. The van der Waals surface area contributed by atoms with E-state index in [-0.39, 0.29) is 0 Å². The molecule has 0 saturated carbocycles. The molecule has 0 fully saturated rings. The van der Waals surface area contributed by atoms with Crippen LogP contribution in [0, 0.1) is 0 Å². The first-order valence-electron chi connectivity index (χ1n) is 5.52. The molecule has 0 aliphatic rings. The summed E-state index contributed by atoms with van der Waals surface area (Å²) in [6.45, 7) is 0. The fraction of sp³-hybridized carbons (Fsp3) is 0.0714. The third-order valence-electron chi connectivity index (χ3n) is 2.85. The van der Waals surface area contributed by atoms with Crippen molar-refractivity contribution in [2.24, 2.45) is 0 Å². The lowest BCUT2D eigenvalue weighted by Crippen LogP contribution is -1.99. The first kappa shape index (κ1) is 11.8. The van der Waals surface area contributed by atoms with Crippen LogP contribution in [0.15, 0.2) is 52.4 Å². The van der Waals surface area contributed by atoms with Crippen LogP contribution in [0.4, 0.5) is 0 Å². The van der Waals surface area contributed by atoms with Gasteiger partial charge in [-0.1, -0.05) is 34.1 Å². The number of nitrogens with zero attached hydrogens (tertiary/aromatic N) is 1. The van der Waals surface area contributed by atoms with Gasteiger partial charge in [-0.15, -0.1) is 11.3 Å². The number of hydrogen-bond acceptors (Lipinski definition) is 3. The second kappa shape index (κ2) is 4.80. The number of aromatic nitrogens is 1. The molecule has 18 heavy (non-hydrogen) atoms. The monoisotopic (exact) mass is 319 g/mol. The van der Waals surface area contributed by atoms with Crippen LogP contribution in [0.5, 0.6) is 0 Å². The van der Waals surface area contributed by atoms with Crippen molar-refractivity contribution in [1.29, 1.82) is 0 Å². The zero-order chi connectivity index (χ0) is 12.5. The van der Waals surface area contributed by atoms with Crippen LogP contribution in [0.2, 0.25) is 0 Å². The highest BCUT2D eigenvalue weighted by Crippen LogP contribution is 2.33. The topological polar surface area (TPSA) is 33.1 Å². The van der Waals surface area contributed by atoms with Crippen molar-refractivity contribution < 1.29 is 5.11 Å². The minimum atomic E-state index is -0.615. The summed E-state index contributed by atoms with van der Waals surface area (Å²) in [7, 11) is 0. The van der Waals surface area contributed by atoms with Gasteiger partial charge in [0.2, 0.25) is 0 Å². The molecule has 1 unspecified atom stereocenters. The highest BCUT2D eigenvalue weighted by Gasteiger charge is 2.16. The van der Waals surface area contributed by atoms with E-state index in [4.69, 9.17) is 0 Å². The second-order valence-electron chi connectivity index (χ2n) is 3.95. The average molecular weight is 320 g/mol. The molecular formula is C14H10BrNOS. The van der Waals surface area contributed by atoms with E-state index in [1.54, 1.807) is 17.5 Å². The number of benzene rings is 1. The minimum Gasteiger partial charge on any atom is -0.383 e. The highest BCUT2D eigenvalue weighted by atomic mass is 79.9. The number of rotatable bonds is 2. The summed E-state index contributed by atoms with van der Waals surface area (Å²) in [6, 6.07) is 11.6. The number of aliphatic hydroxyl groups excluding tert-OH is 1. The largest absolute Gasteiger partial charge is 0.383 e. The van der Waals surface area contributed by atoms with Gasteiger partial charge in [0.25, 0.3) is 0 Å². The standard InChI is InChI=1S/C14H10BrNOS/c15-11-6-5-10(13-9(11)3-1-7-16-13)14(17)12-4-2-8-18-12/h1-8,14,17H. The van der Waals surface area contributed by atoms with Gasteiger partial charge in [-0.25, -0.2) is 0 Å². The molecule has 1 aromatic carbocycles. The van der Waals surface area contributed by atoms with Crippen molar-refractivity contribution in [3.05, 3.63) is 62.9 Å². The molecule has 0 amide bonds. The fourth-order valence-electron chi connectivity index (χ4n) is 1.98. The Morgan fingerprint density at radius 2 is 2.06 bits per heavy atom. The highest BCUT2D eigenvalue weighted by molar-refractivity contribution is 9.10. The van der Waals surface area contributed by atoms with Crippen molar-refractivity contribution in [3.8, 4) is 0 Å². The molecule has 0 saturated heterocycles. The molecule has 3 aromatic rings. The molecule has 4 heteroatoms. The smallest absolute Gasteiger partial charge is 0.115 e. The van der Waals surface area contributed by atoms with Crippen molar-refractivity contribution >= 4 is 38.2 Å². The van der Waals surface area contributed by atoms with Gasteiger partial charge in [-0.3, -0.25) is 4.98 Å². The van der Waals surface area contributed by atoms with Crippen molar-refractivity contribution in [2.75, 3.05) is 0 Å². The van der Waals surface area contributed by atoms with Crippen LogP contribution in [0.3, 0.4) is 0 Å². The molecule has 0 aliphatic carbocycles. The zero-order valence-corrected chi connectivity index (χ0v) is 11.8. The van der Waals surface area contributed by atoms with Crippen LogP contribution >= 0.6 is 27.3 Å². The molecule has 2 aromatic heterocycles. The van der Waals surface area contributed by atoms with Gasteiger partial charge >= 0.3 is 0 Å². The second-order valence-corrected chi connectivity index (χ2v) is 5.79. The number of pyridine rings is 1. The van der Waals surface area contributed by atoms with Crippen LogP contribution in [-0.2, 0) is 0 Å². The summed E-state index contributed by atoms with van der Waals surface area (Å²) < 4.78 is 0.993. The van der Waals surface area contributed by atoms with Crippen LogP contribution in [-0.4, -0.2) is 10.1 Å². The van der Waals surface area contributed by atoms with E-state index in [9.17, 15) is 5.11 Å². The third kappa shape index (κ3) is 1.96. The SMILES string of the molecule is OC(c1cccs1)c1ccc(Br)c2cccnc12. The molecule has 1 N–H and O–H groups in total. The van der Waals surface area contributed by atoms with E-state index in [1.807, 2.05) is 41.8 Å². The van der Waals surface area contributed by atoms with Crippen LogP contribution in [0.1, 0.15) is 16.5 Å². The molecule has 0 radical (unpaired) electrons. The number of halogens is 1. The Hall–Kier alpha value is -1.23. The molecule has 1 atom stereocenters. The lowest BCUT2D eigenvalue weighted by atomic mass is 10.0. The number of fused-ring (bicyclic) bond motifs is 1. The normalized spacial score (nSPS) is 12.8. The summed E-state index contributed by atoms with van der Waals surface area (Å²) in [6.07, 6.45) is 1.13. The minimum absolute atomic E-state index is 0.615. The molecule has 3 rings (SSSR count). The summed E-state index contributed by atoms with van der Waals surface area (Å²) in [4.78, 5) is 5.32. The third-order valence-corrected chi connectivity index (χ3v) is 4.47. The Morgan fingerprint density at radius 1 is 1.17 bits per heavy atom. The maximum absolute atomic E-state index is 10.4. The number of hydrogen-bond donors (Lipinski definition) is 1. The van der Waals surface area contributed by atoms with Gasteiger partial charge in [0.05, 0.1) is 5.52 Å². The van der Waals surface area contributed by atoms with E-state index < -0.39 is 6.10 Å². The summed E-state index contributed by atoms with van der Waals surface area (Å²) in [5, 5.41) is 13.4. The van der Waals surface area contributed by atoms with Crippen LogP contribution in [0.25, 0.3) is 10.9 Å². The zero-order valence-electron chi connectivity index (χ0n) is 9.38. The van der Waals surface area contributed by atoms with Gasteiger partial charge in [-0.2, -0.15) is 0 Å². The molecular weight excluding hydrogens is 310 g/mol. The summed E-state index contributed by atoms with van der Waals surface area (Å²) >= 11 is 5.06. The molecule has 2 nitrogen and oxygen atoms in total. The maximum Gasteiger partial charge on any atom is 0.115 e. The van der Waals surface area contributed by atoms with Gasteiger partial charge in [-0.05, 0) is 23.6 Å². The Morgan fingerprint density at radius 3 is 2.83 bits per heavy atom. The Kier molecular flexibility index (Phi) is 3.16. The quantitative estimate of drug-likeness (QED) is 0.770. The predicted molar refractivity (Wildman–Crippen MR) is 77.8 cm³/mol. The van der Waals surface area contributed by atoms with Gasteiger partial charge in [0.15, 0.2) is 0 Å². The van der Waals surface area contributed by atoms with Crippen molar-refractivity contribution in [2.45, 2.75) is 6.10 Å². The maximum atomic E-state index is 10.4. The molecule has 0 bridgehead atoms. The van der Waals surface area contributed by atoms with Gasteiger partial charge in [0.1, 0.15) is 6.10 Å². The number of thiophene rings is 1. The van der Waals surface area contributed by atoms with Crippen LogP contribution < -0.4 is 0 Å². The Labute approximate surface area is 117 Å². The lowest BCUT2D eigenvalue weighted by Gasteiger charge is -2.12. The van der Waals surface area contributed by atoms with Gasteiger partial charge in [0, 0.05) is 26.5 Å². The predicted octanol–water partition coefficient (Wildman–Crippen LogP) is 4.14. The lowest BCUT2D eigenvalue weighted by molar-refractivity contribution is 0.225. The van der Waals surface area contributed by atoms with Gasteiger partial charge < -0.3 is 5.11 Å². The van der Waals surface area contributed by atoms with E-state index in [1.165, 1.54) is 0 Å². The van der Waals surface area contributed by atoms with Crippen molar-refractivity contribution in [3.63, 3.8) is 0 Å². The van der Waals surface area contributed by atoms with E-state index in [0.717, 1.165) is 25.8 Å². The Bertz CT molecular complexity index is 681. The molecule has 90 valence electrons. The fourth-order valence-corrected chi connectivity index (χ4v) is 3.16. The Balaban J connectivity index is 2.21. The van der Waals surface area contributed by atoms with E-state index in [0.29, 0.717) is 0 Å². The molecule has 2 heterocycles. The molecule has 0 spiro atoms.